The Kier molecular flexibility index (Phi) is 9.14. The molecule has 0 bridgehead atoms. The van der Waals surface area contributed by atoms with Crippen LogP contribution in [0.1, 0.15) is 18.7 Å². The van der Waals surface area contributed by atoms with Gasteiger partial charge in [-0.3, -0.25) is 18.4 Å². The summed E-state index contributed by atoms with van der Waals surface area (Å²) in [7, 11) is 2.14. The Morgan fingerprint density at radius 2 is 1.12 bits per heavy atom. The predicted octanol–water partition coefficient (Wildman–Crippen LogP) is 6.38. The summed E-state index contributed by atoms with van der Waals surface area (Å²) < 4.78 is 14.7. The Morgan fingerprint density at radius 1 is 0.607 bits per heavy atom. The third kappa shape index (κ3) is 7.04. The molecule has 2 fully saturated rings. The van der Waals surface area contributed by atoms with Crippen LogP contribution in [0, 0.1) is 13.8 Å². The molecule has 0 radical (unpaired) electrons. The van der Waals surface area contributed by atoms with Crippen molar-refractivity contribution in [3.8, 4) is 22.3 Å². The van der Waals surface area contributed by atoms with Crippen LogP contribution in [0.15, 0.2) is 116 Å². The third-order valence-corrected chi connectivity index (χ3v) is 10.8. The molecule has 8 aromatic rings. The van der Waals surface area contributed by atoms with Crippen molar-refractivity contribution < 1.29 is 8.83 Å². The molecule has 2 aliphatic heterocycles. The number of rotatable bonds is 4. The second-order valence-electron chi connectivity index (χ2n) is 15.0. The van der Waals surface area contributed by atoms with E-state index in [1.807, 2.05) is 86.9 Å². The topological polar surface area (TPSA) is 117 Å². The lowest BCUT2D eigenvalue weighted by Crippen LogP contribution is -2.49. The Hall–Kier alpha value is -6.24. The maximum atomic E-state index is 12.8. The standard InChI is InChI=1S/2C22H22N4O2/c1-15-23-20-6-3-16(12-21(20)28-15)17-11-18-4-5-19(14-26(18)22(27)13-17)25-9-7-24(2)8-10-25;1-14-12-25(8-7-23-14)19-5-4-18-9-17(11-22(27)26(18)13-19)16-3-6-20-21(10-16)28-15(2)24-20/h3-6,11-14H,7-10H2,1-2H3;3-6,9-11,13-14,23H,7-8,12H2,1-2H3/t;14-/m.0/s1. The van der Waals surface area contributed by atoms with E-state index in [0.29, 0.717) is 17.8 Å². The molecule has 0 saturated carbocycles. The molecule has 12 nitrogen and oxygen atoms in total. The van der Waals surface area contributed by atoms with Gasteiger partial charge in [0.15, 0.2) is 22.9 Å². The SMILES string of the molecule is Cc1nc2ccc(-c3cc(=O)n4cc(N5CCN(C)CC5)ccc4c3)cc2o1.Cc1nc2ccc(-c3cc(=O)n4cc(N5CCN[C@@H](C)C5)ccc4c3)cc2o1. The lowest BCUT2D eigenvalue weighted by molar-refractivity contribution is 0.313. The number of oxazole rings is 2. The van der Waals surface area contributed by atoms with Crippen molar-refractivity contribution in [2.24, 2.45) is 0 Å². The number of aromatic nitrogens is 4. The summed E-state index contributed by atoms with van der Waals surface area (Å²) in [4.78, 5) is 41.3. The monoisotopic (exact) mass is 748 g/mol. The predicted molar refractivity (Wildman–Crippen MR) is 222 cm³/mol. The first-order chi connectivity index (χ1) is 27.1. The van der Waals surface area contributed by atoms with Gasteiger partial charge in [-0.05, 0) is 96.9 Å². The Labute approximate surface area is 323 Å². The van der Waals surface area contributed by atoms with Gasteiger partial charge in [0.2, 0.25) is 0 Å². The average molecular weight is 749 g/mol. The molecule has 0 unspecified atom stereocenters. The first-order valence-corrected chi connectivity index (χ1v) is 19.1. The van der Waals surface area contributed by atoms with Crippen molar-refractivity contribution in [3.05, 3.63) is 130 Å². The van der Waals surface area contributed by atoms with Crippen LogP contribution < -0.4 is 26.2 Å². The summed E-state index contributed by atoms with van der Waals surface area (Å²) in [6, 6.07) is 27.8. The number of fused-ring (bicyclic) bond motifs is 4. The number of benzene rings is 2. The highest BCUT2D eigenvalue weighted by atomic mass is 16.3. The molecule has 56 heavy (non-hydrogen) atoms. The number of pyridine rings is 4. The highest BCUT2D eigenvalue weighted by molar-refractivity contribution is 5.82. The molecule has 2 saturated heterocycles. The molecule has 0 spiro atoms. The number of anilines is 2. The molecule has 0 amide bonds. The summed E-state index contributed by atoms with van der Waals surface area (Å²) in [5.74, 6) is 1.28. The molecule has 8 heterocycles. The second-order valence-corrected chi connectivity index (χ2v) is 15.0. The Morgan fingerprint density at radius 3 is 1.64 bits per heavy atom. The number of piperazine rings is 2. The smallest absolute Gasteiger partial charge is 0.255 e. The normalized spacial score (nSPS) is 16.5. The highest BCUT2D eigenvalue weighted by Gasteiger charge is 2.18. The first-order valence-electron chi connectivity index (χ1n) is 19.1. The number of hydrogen-bond donors (Lipinski definition) is 1. The van der Waals surface area contributed by atoms with Gasteiger partial charge in [-0.2, -0.15) is 0 Å². The minimum absolute atomic E-state index is 0.0303. The van der Waals surface area contributed by atoms with Crippen LogP contribution in [-0.2, 0) is 0 Å². The second kappa shape index (κ2) is 14.4. The molecule has 10 rings (SSSR count). The minimum atomic E-state index is -0.0358. The van der Waals surface area contributed by atoms with Crippen molar-refractivity contribution >= 4 is 44.6 Å². The summed E-state index contributed by atoms with van der Waals surface area (Å²) in [5, 5.41) is 3.45. The lowest BCUT2D eigenvalue weighted by atomic mass is 10.1. The number of nitrogens with zero attached hydrogens (tertiary/aromatic N) is 7. The van der Waals surface area contributed by atoms with Crippen molar-refractivity contribution in [1.29, 1.82) is 0 Å². The summed E-state index contributed by atoms with van der Waals surface area (Å²) in [6.45, 7) is 12.7. The zero-order valence-electron chi connectivity index (χ0n) is 32.0. The van der Waals surface area contributed by atoms with Crippen LogP contribution in [0.2, 0.25) is 0 Å². The average Bonchev–Trinajstić information content (AvgIpc) is 3.77. The summed E-state index contributed by atoms with van der Waals surface area (Å²) >= 11 is 0. The maximum absolute atomic E-state index is 12.8. The van der Waals surface area contributed by atoms with E-state index in [9.17, 15) is 9.59 Å². The molecular weight excluding hydrogens is 705 g/mol. The van der Waals surface area contributed by atoms with Crippen molar-refractivity contribution in [3.63, 3.8) is 0 Å². The van der Waals surface area contributed by atoms with E-state index in [4.69, 9.17) is 8.83 Å². The van der Waals surface area contributed by atoms with Crippen molar-refractivity contribution in [1.82, 2.24) is 29.0 Å². The summed E-state index contributed by atoms with van der Waals surface area (Å²) in [6.07, 6.45) is 3.90. The van der Waals surface area contributed by atoms with Crippen LogP contribution in [0.25, 0.3) is 55.5 Å². The van der Waals surface area contributed by atoms with Gasteiger partial charge in [-0.1, -0.05) is 12.1 Å². The van der Waals surface area contributed by atoms with Crippen LogP contribution in [0.5, 0.6) is 0 Å². The molecule has 1 atom stereocenters. The summed E-state index contributed by atoms with van der Waals surface area (Å²) in [5.41, 5.74) is 10.7. The quantitative estimate of drug-likeness (QED) is 0.217. The largest absolute Gasteiger partial charge is 0.441 e. The van der Waals surface area contributed by atoms with Gasteiger partial charge in [0, 0.05) is 101 Å². The van der Waals surface area contributed by atoms with Crippen LogP contribution in [0.4, 0.5) is 11.4 Å². The van der Waals surface area contributed by atoms with E-state index in [1.54, 1.807) is 20.9 Å². The van der Waals surface area contributed by atoms with Gasteiger partial charge < -0.3 is 28.9 Å². The van der Waals surface area contributed by atoms with E-state index < -0.39 is 0 Å². The van der Waals surface area contributed by atoms with Gasteiger partial charge in [-0.25, -0.2) is 9.97 Å². The van der Waals surface area contributed by atoms with E-state index in [0.717, 1.165) is 113 Å². The third-order valence-electron chi connectivity index (χ3n) is 10.8. The fraction of sp³-hybridized carbons (Fsp3) is 0.273. The number of nitrogens with one attached hydrogen (secondary N) is 1. The Bertz CT molecular complexity index is 2860. The molecule has 12 heteroatoms. The van der Waals surface area contributed by atoms with E-state index >= 15 is 0 Å². The molecule has 1 N–H and O–H groups in total. The molecule has 0 aliphatic carbocycles. The number of hydrogen-bond acceptors (Lipinski definition) is 10. The maximum Gasteiger partial charge on any atom is 0.255 e. The number of aryl methyl sites for hydroxylation is 2. The van der Waals surface area contributed by atoms with Gasteiger partial charge in [0.05, 0.1) is 11.4 Å². The van der Waals surface area contributed by atoms with Crippen LogP contribution in [-0.4, -0.2) is 82.6 Å². The molecule has 6 aromatic heterocycles. The van der Waals surface area contributed by atoms with E-state index in [2.05, 4.69) is 56.1 Å². The molecule has 284 valence electrons. The van der Waals surface area contributed by atoms with E-state index in [1.165, 1.54) is 0 Å². The van der Waals surface area contributed by atoms with Crippen LogP contribution in [0.3, 0.4) is 0 Å². The highest BCUT2D eigenvalue weighted by Crippen LogP contribution is 2.28. The van der Waals surface area contributed by atoms with Gasteiger partial charge >= 0.3 is 0 Å². The minimum Gasteiger partial charge on any atom is -0.441 e. The zero-order chi connectivity index (χ0) is 38.5. The number of likely N-dealkylation sites (N-methyl/N-ethyl adjacent to an activating group) is 1. The fourth-order valence-electron chi connectivity index (χ4n) is 7.80. The zero-order valence-corrected chi connectivity index (χ0v) is 32.0. The van der Waals surface area contributed by atoms with Gasteiger partial charge in [0.1, 0.15) is 11.0 Å². The van der Waals surface area contributed by atoms with Gasteiger partial charge in [-0.15, -0.1) is 0 Å². The first kappa shape index (κ1) is 35.5. The molecular formula is C44H44N8O4. The van der Waals surface area contributed by atoms with Crippen molar-refractivity contribution in [2.75, 3.05) is 62.7 Å². The van der Waals surface area contributed by atoms with E-state index in [-0.39, 0.29) is 11.1 Å². The fourth-order valence-corrected chi connectivity index (χ4v) is 7.80. The van der Waals surface area contributed by atoms with Crippen molar-refractivity contribution in [2.45, 2.75) is 26.8 Å². The molecule has 2 aromatic carbocycles. The molecule has 2 aliphatic rings. The lowest BCUT2D eigenvalue weighted by Gasteiger charge is -2.34. The van der Waals surface area contributed by atoms with Gasteiger partial charge in [0.25, 0.3) is 11.1 Å². The Balaban J connectivity index is 0.000000146. The van der Waals surface area contributed by atoms with Crippen LogP contribution >= 0.6 is 0 Å².